The zero-order chi connectivity index (χ0) is 11.3. The van der Waals surface area contributed by atoms with E-state index in [1.807, 2.05) is 0 Å². The summed E-state index contributed by atoms with van der Waals surface area (Å²) in [6, 6.07) is 2.90. The summed E-state index contributed by atoms with van der Waals surface area (Å²) in [6.07, 6.45) is 1.59. The molecule has 2 nitrogen and oxygen atoms in total. The van der Waals surface area contributed by atoms with Crippen LogP contribution in [0.2, 0.25) is 0 Å². The normalized spacial score (nSPS) is 10.0. The third-order valence-electron chi connectivity index (χ3n) is 1.81. The number of rotatable bonds is 5. The monoisotopic (exact) mass is 211 g/mol. The third-order valence-corrected chi connectivity index (χ3v) is 1.81. The highest BCUT2D eigenvalue weighted by Crippen LogP contribution is 2.09. The first-order chi connectivity index (χ1) is 7.15. The fourth-order valence-corrected chi connectivity index (χ4v) is 1.10. The van der Waals surface area contributed by atoms with E-state index in [9.17, 15) is 13.6 Å². The summed E-state index contributed by atoms with van der Waals surface area (Å²) < 4.78 is 25.6. The Balaban J connectivity index is 2.69. The smallest absolute Gasteiger partial charge is 0.179 e. The minimum atomic E-state index is -0.833. The second kappa shape index (κ2) is 5.36. The van der Waals surface area contributed by atoms with E-state index in [0.29, 0.717) is 12.6 Å². The molecule has 15 heavy (non-hydrogen) atoms. The molecule has 0 fully saturated rings. The first kappa shape index (κ1) is 11.5. The lowest BCUT2D eigenvalue weighted by molar-refractivity contribution is 0.0988. The summed E-state index contributed by atoms with van der Waals surface area (Å²) in [6.45, 7) is 3.94. The van der Waals surface area contributed by atoms with Gasteiger partial charge in [-0.1, -0.05) is 6.08 Å². The van der Waals surface area contributed by atoms with Crippen LogP contribution in [0, 0.1) is 11.6 Å². The molecule has 0 amide bonds. The van der Waals surface area contributed by atoms with E-state index < -0.39 is 17.4 Å². The number of halogens is 2. The van der Waals surface area contributed by atoms with Gasteiger partial charge < -0.3 is 5.32 Å². The number of carbonyl (C=O) groups is 1. The number of benzene rings is 1. The van der Waals surface area contributed by atoms with Crippen molar-refractivity contribution in [1.29, 1.82) is 0 Å². The molecule has 0 aromatic heterocycles. The highest BCUT2D eigenvalue weighted by Gasteiger charge is 2.11. The molecule has 0 saturated heterocycles. The maximum atomic E-state index is 13.1. The van der Waals surface area contributed by atoms with E-state index >= 15 is 0 Å². The Morgan fingerprint density at radius 1 is 1.47 bits per heavy atom. The summed E-state index contributed by atoms with van der Waals surface area (Å²) in [5.41, 5.74) is -0.104. The van der Waals surface area contributed by atoms with Crippen LogP contribution in [0.3, 0.4) is 0 Å². The van der Waals surface area contributed by atoms with Crippen LogP contribution in [0.5, 0.6) is 0 Å². The number of Topliss-reactive ketones (excluding diaryl/α,β-unsaturated/α-hetero) is 1. The largest absolute Gasteiger partial charge is 0.306 e. The number of nitrogens with one attached hydrogen (secondary N) is 1. The fourth-order valence-electron chi connectivity index (χ4n) is 1.10. The molecule has 0 aliphatic heterocycles. The van der Waals surface area contributed by atoms with Gasteiger partial charge in [0.15, 0.2) is 5.78 Å². The lowest BCUT2D eigenvalue weighted by Gasteiger charge is -2.02. The summed E-state index contributed by atoms with van der Waals surface area (Å²) in [5.74, 6) is -1.93. The number of carbonyl (C=O) groups excluding carboxylic acids is 1. The second-order valence-electron chi connectivity index (χ2n) is 2.97. The lowest BCUT2D eigenvalue weighted by atomic mass is 10.1. The summed E-state index contributed by atoms with van der Waals surface area (Å²) in [7, 11) is 0. The Kier molecular flexibility index (Phi) is 4.12. The maximum Gasteiger partial charge on any atom is 0.179 e. The molecule has 1 N–H and O–H groups in total. The van der Waals surface area contributed by atoms with Crippen molar-refractivity contribution in [2.75, 3.05) is 13.1 Å². The Morgan fingerprint density at radius 3 is 2.80 bits per heavy atom. The van der Waals surface area contributed by atoms with Crippen LogP contribution in [-0.2, 0) is 0 Å². The number of hydrogen-bond donors (Lipinski definition) is 1. The van der Waals surface area contributed by atoms with Crippen LogP contribution in [0.4, 0.5) is 8.78 Å². The first-order valence-corrected chi connectivity index (χ1v) is 4.45. The van der Waals surface area contributed by atoms with E-state index in [4.69, 9.17) is 0 Å². The van der Waals surface area contributed by atoms with E-state index in [2.05, 4.69) is 11.9 Å². The van der Waals surface area contributed by atoms with Crippen molar-refractivity contribution >= 4 is 5.78 Å². The van der Waals surface area contributed by atoms with Gasteiger partial charge >= 0.3 is 0 Å². The van der Waals surface area contributed by atoms with E-state index in [1.165, 1.54) is 0 Å². The van der Waals surface area contributed by atoms with Crippen LogP contribution < -0.4 is 5.32 Å². The fraction of sp³-hybridized carbons (Fsp3) is 0.182. The molecule has 0 spiro atoms. The molecule has 0 aliphatic carbocycles. The van der Waals surface area contributed by atoms with Crippen LogP contribution in [0.15, 0.2) is 30.9 Å². The van der Waals surface area contributed by atoms with Gasteiger partial charge in [0.25, 0.3) is 0 Å². The molecule has 0 bridgehead atoms. The zero-order valence-corrected chi connectivity index (χ0v) is 8.09. The van der Waals surface area contributed by atoms with Crippen molar-refractivity contribution in [3.05, 3.63) is 48.1 Å². The first-order valence-electron chi connectivity index (χ1n) is 4.45. The molecular formula is C11H11F2NO. The molecular weight excluding hydrogens is 200 g/mol. The lowest BCUT2D eigenvalue weighted by Crippen LogP contribution is -2.23. The van der Waals surface area contributed by atoms with Crippen molar-refractivity contribution in [1.82, 2.24) is 5.32 Å². The van der Waals surface area contributed by atoms with Crippen molar-refractivity contribution in [3.8, 4) is 0 Å². The van der Waals surface area contributed by atoms with Crippen molar-refractivity contribution in [2.24, 2.45) is 0 Å². The van der Waals surface area contributed by atoms with Crippen LogP contribution in [-0.4, -0.2) is 18.9 Å². The second-order valence-corrected chi connectivity index (χ2v) is 2.97. The quantitative estimate of drug-likeness (QED) is 0.458. The van der Waals surface area contributed by atoms with Crippen molar-refractivity contribution in [3.63, 3.8) is 0 Å². The predicted octanol–water partition coefficient (Wildman–Crippen LogP) is 1.92. The van der Waals surface area contributed by atoms with Gasteiger partial charge in [-0.15, -0.1) is 6.58 Å². The highest BCUT2D eigenvalue weighted by atomic mass is 19.1. The zero-order valence-electron chi connectivity index (χ0n) is 8.09. The molecule has 1 rings (SSSR count). The molecule has 1 aromatic carbocycles. The van der Waals surface area contributed by atoms with Gasteiger partial charge in [0.1, 0.15) is 11.6 Å². The average molecular weight is 211 g/mol. The van der Waals surface area contributed by atoms with Crippen LogP contribution >= 0.6 is 0 Å². The van der Waals surface area contributed by atoms with E-state index in [-0.39, 0.29) is 12.1 Å². The van der Waals surface area contributed by atoms with E-state index in [1.54, 1.807) is 6.08 Å². The SMILES string of the molecule is C=CCNCC(=O)c1ccc(F)cc1F. The Bertz CT molecular complexity index is 377. The third kappa shape index (κ3) is 3.25. The summed E-state index contributed by atoms with van der Waals surface area (Å²) in [4.78, 5) is 11.4. The van der Waals surface area contributed by atoms with Crippen molar-refractivity contribution in [2.45, 2.75) is 0 Å². The summed E-state index contributed by atoms with van der Waals surface area (Å²) >= 11 is 0. The molecule has 0 heterocycles. The molecule has 0 radical (unpaired) electrons. The number of ketones is 1. The average Bonchev–Trinajstić information content (AvgIpc) is 2.17. The highest BCUT2D eigenvalue weighted by molar-refractivity contribution is 5.97. The van der Waals surface area contributed by atoms with Crippen LogP contribution in [0.25, 0.3) is 0 Å². The molecule has 0 atom stereocenters. The standard InChI is InChI=1S/C11H11F2NO/c1-2-5-14-7-11(15)9-4-3-8(12)6-10(9)13/h2-4,6,14H,1,5,7H2. The van der Waals surface area contributed by atoms with Crippen LogP contribution in [0.1, 0.15) is 10.4 Å². The molecule has 1 aromatic rings. The van der Waals surface area contributed by atoms with Gasteiger partial charge in [0, 0.05) is 12.6 Å². The Morgan fingerprint density at radius 2 is 2.20 bits per heavy atom. The number of hydrogen-bond acceptors (Lipinski definition) is 2. The molecule has 0 aliphatic rings. The van der Waals surface area contributed by atoms with Gasteiger partial charge in [-0.25, -0.2) is 8.78 Å². The Labute approximate surface area is 86.6 Å². The molecule has 0 unspecified atom stereocenters. The molecule has 0 saturated carbocycles. The Hall–Kier alpha value is -1.55. The van der Waals surface area contributed by atoms with Gasteiger partial charge in [-0.3, -0.25) is 4.79 Å². The van der Waals surface area contributed by atoms with Crippen molar-refractivity contribution < 1.29 is 13.6 Å². The topological polar surface area (TPSA) is 29.1 Å². The summed E-state index contributed by atoms with van der Waals surface area (Å²) in [5, 5.41) is 2.75. The molecule has 80 valence electrons. The van der Waals surface area contributed by atoms with Gasteiger partial charge in [0.2, 0.25) is 0 Å². The van der Waals surface area contributed by atoms with Gasteiger partial charge in [-0.05, 0) is 12.1 Å². The minimum Gasteiger partial charge on any atom is -0.306 e. The van der Waals surface area contributed by atoms with Gasteiger partial charge in [-0.2, -0.15) is 0 Å². The maximum absolute atomic E-state index is 13.1. The minimum absolute atomic E-state index is 0.00850. The molecule has 4 heteroatoms. The van der Waals surface area contributed by atoms with E-state index in [0.717, 1.165) is 12.1 Å². The predicted molar refractivity (Wildman–Crippen MR) is 53.8 cm³/mol. The van der Waals surface area contributed by atoms with Gasteiger partial charge in [0.05, 0.1) is 12.1 Å².